The van der Waals surface area contributed by atoms with Gasteiger partial charge in [-0.3, -0.25) is 4.79 Å². The normalized spacial score (nSPS) is 10.7. The van der Waals surface area contributed by atoms with E-state index in [1.807, 2.05) is 28.7 Å². The highest BCUT2D eigenvalue weighted by molar-refractivity contribution is 14.1. The molecule has 0 aliphatic carbocycles. The smallest absolute Gasteiger partial charge is 0.241 e. The fourth-order valence-corrected chi connectivity index (χ4v) is 2.77. The molecule has 3 nitrogen and oxygen atoms in total. The second-order valence-corrected chi connectivity index (χ2v) is 4.97. The molecule has 0 atom stereocenters. The van der Waals surface area contributed by atoms with Crippen LogP contribution in [-0.2, 0) is 4.79 Å². The highest BCUT2D eigenvalue weighted by Gasteiger charge is 2.04. The van der Waals surface area contributed by atoms with Gasteiger partial charge in [-0.05, 0) is 63.4 Å². The predicted molar refractivity (Wildman–Crippen MR) is 71.8 cm³/mol. The quantitative estimate of drug-likeness (QED) is 0.575. The van der Waals surface area contributed by atoms with Crippen molar-refractivity contribution in [1.82, 2.24) is 0 Å². The van der Waals surface area contributed by atoms with Crippen LogP contribution in [0, 0.1) is 7.14 Å². The Morgan fingerprint density at radius 2 is 2.07 bits per heavy atom. The Morgan fingerprint density at radius 3 is 2.64 bits per heavy atom. The van der Waals surface area contributed by atoms with Crippen molar-refractivity contribution in [3.8, 4) is 5.75 Å². The fraction of sp³-hybridized carbons (Fsp3) is 0. The second kappa shape index (κ2) is 4.96. The molecule has 1 aromatic carbocycles. The highest BCUT2D eigenvalue weighted by Crippen LogP contribution is 2.27. The van der Waals surface area contributed by atoms with Crippen LogP contribution in [0.15, 0.2) is 18.2 Å². The number of amides is 1. The number of carbonyl (C=O) groups is 1. The minimum absolute atomic E-state index is 0.170. The predicted octanol–water partition coefficient (Wildman–Crippen LogP) is 2.10. The number of benzene rings is 1. The Hall–Kier alpha value is -0.310. The summed E-state index contributed by atoms with van der Waals surface area (Å²) in [5.74, 6) is -0.359. The summed E-state index contributed by atoms with van der Waals surface area (Å²) in [5, 5.41) is 9.62. The van der Waals surface area contributed by atoms with E-state index >= 15 is 0 Å². The lowest BCUT2D eigenvalue weighted by Gasteiger charge is -2.02. The molecule has 3 N–H and O–H groups in total. The van der Waals surface area contributed by atoms with Gasteiger partial charge in [-0.15, -0.1) is 0 Å². The first-order valence-electron chi connectivity index (χ1n) is 3.66. The lowest BCUT2D eigenvalue weighted by atomic mass is 10.2. The maximum Gasteiger partial charge on any atom is 0.241 e. The molecule has 0 bridgehead atoms. The van der Waals surface area contributed by atoms with Crippen molar-refractivity contribution < 1.29 is 9.90 Å². The van der Waals surface area contributed by atoms with E-state index in [0.29, 0.717) is 5.56 Å². The van der Waals surface area contributed by atoms with Crippen LogP contribution in [0.5, 0.6) is 5.75 Å². The Labute approximate surface area is 109 Å². The van der Waals surface area contributed by atoms with Crippen molar-refractivity contribution in [3.63, 3.8) is 0 Å². The van der Waals surface area contributed by atoms with Gasteiger partial charge in [-0.2, -0.15) is 0 Å². The van der Waals surface area contributed by atoms with Gasteiger partial charge in [-0.1, -0.05) is 0 Å². The number of nitrogens with two attached hydrogens (primary N) is 1. The zero-order valence-electron chi connectivity index (χ0n) is 7.00. The third-order valence-electron chi connectivity index (χ3n) is 1.48. The minimum Gasteiger partial charge on any atom is -0.506 e. The van der Waals surface area contributed by atoms with Gasteiger partial charge >= 0.3 is 0 Å². The lowest BCUT2D eigenvalue weighted by Crippen LogP contribution is -2.05. The van der Waals surface area contributed by atoms with E-state index in [0.717, 1.165) is 7.14 Å². The summed E-state index contributed by atoms with van der Waals surface area (Å²) < 4.78 is 1.74. The van der Waals surface area contributed by atoms with Crippen LogP contribution in [0.3, 0.4) is 0 Å². The molecule has 0 heterocycles. The summed E-state index contributed by atoms with van der Waals surface area (Å²) >= 11 is 4.17. The molecule has 14 heavy (non-hydrogen) atoms. The lowest BCUT2D eigenvalue weighted by molar-refractivity contribution is -0.113. The molecule has 5 heteroatoms. The molecule has 74 valence electrons. The molecule has 0 aliphatic rings. The number of phenols is 1. The number of carbonyl (C=O) groups excluding carboxylic acids is 1. The first-order valence-corrected chi connectivity index (χ1v) is 5.82. The topological polar surface area (TPSA) is 63.3 Å². The average molecular weight is 415 g/mol. The van der Waals surface area contributed by atoms with Crippen LogP contribution in [0.1, 0.15) is 5.56 Å². The van der Waals surface area contributed by atoms with Crippen molar-refractivity contribution in [2.24, 2.45) is 5.73 Å². The van der Waals surface area contributed by atoms with Crippen LogP contribution in [0.25, 0.3) is 6.08 Å². The Balaban J connectivity index is 3.14. The monoisotopic (exact) mass is 415 g/mol. The zero-order valence-corrected chi connectivity index (χ0v) is 11.3. The number of phenolic OH excluding ortho intramolecular Hbond substituents is 1. The average Bonchev–Trinajstić information content (AvgIpc) is 2.08. The summed E-state index contributed by atoms with van der Waals surface area (Å²) in [6.07, 6.45) is 2.73. The summed E-state index contributed by atoms with van der Waals surface area (Å²) in [7, 11) is 0. The van der Waals surface area contributed by atoms with Gasteiger partial charge in [0.2, 0.25) is 5.91 Å². The minimum atomic E-state index is -0.529. The van der Waals surface area contributed by atoms with Crippen molar-refractivity contribution >= 4 is 57.2 Å². The number of halogens is 2. The molecule has 0 unspecified atom stereocenters. The largest absolute Gasteiger partial charge is 0.506 e. The molecule has 1 aromatic rings. The maximum absolute atomic E-state index is 10.5. The number of hydrogen-bond donors (Lipinski definition) is 2. The van der Waals surface area contributed by atoms with Gasteiger partial charge < -0.3 is 10.8 Å². The molecule has 0 saturated heterocycles. The maximum atomic E-state index is 10.5. The Bertz CT molecular complexity index is 402. The van der Waals surface area contributed by atoms with Crippen molar-refractivity contribution in [2.45, 2.75) is 0 Å². The number of rotatable bonds is 2. The Kier molecular flexibility index (Phi) is 4.17. The van der Waals surface area contributed by atoms with E-state index in [1.54, 1.807) is 6.07 Å². The van der Waals surface area contributed by atoms with Gasteiger partial charge in [-0.25, -0.2) is 0 Å². The van der Waals surface area contributed by atoms with E-state index in [-0.39, 0.29) is 5.75 Å². The molecular weight excluding hydrogens is 408 g/mol. The van der Waals surface area contributed by atoms with Gasteiger partial charge in [0.05, 0.1) is 3.57 Å². The molecular formula is C9H7I2NO2. The number of aromatic hydroxyl groups is 1. The van der Waals surface area contributed by atoms with Crippen molar-refractivity contribution in [2.75, 3.05) is 0 Å². The van der Waals surface area contributed by atoms with Crippen LogP contribution < -0.4 is 5.73 Å². The SMILES string of the molecule is NC(=O)/C=C/c1cc(I)cc(I)c1O. The van der Waals surface area contributed by atoms with Crippen LogP contribution >= 0.6 is 45.2 Å². The molecule has 0 saturated carbocycles. The molecule has 0 fully saturated rings. The van der Waals surface area contributed by atoms with Gasteiger partial charge in [0.15, 0.2) is 0 Å². The summed E-state index contributed by atoms with van der Waals surface area (Å²) in [6.45, 7) is 0. The molecule has 0 spiro atoms. The van der Waals surface area contributed by atoms with Crippen LogP contribution in [-0.4, -0.2) is 11.0 Å². The third-order valence-corrected chi connectivity index (χ3v) is 2.93. The van der Waals surface area contributed by atoms with E-state index in [9.17, 15) is 9.90 Å². The van der Waals surface area contributed by atoms with E-state index in [1.165, 1.54) is 12.2 Å². The first kappa shape index (κ1) is 11.8. The van der Waals surface area contributed by atoms with E-state index in [2.05, 4.69) is 22.6 Å². The molecule has 1 amide bonds. The van der Waals surface area contributed by atoms with E-state index < -0.39 is 5.91 Å². The third kappa shape index (κ3) is 3.12. The summed E-state index contributed by atoms with van der Waals surface area (Å²) in [6, 6.07) is 3.62. The molecule has 1 rings (SSSR count). The van der Waals surface area contributed by atoms with Gasteiger partial charge in [0, 0.05) is 15.2 Å². The van der Waals surface area contributed by atoms with Crippen LogP contribution in [0.4, 0.5) is 0 Å². The molecule has 0 aliphatic heterocycles. The van der Waals surface area contributed by atoms with Crippen molar-refractivity contribution in [1.29, 1.82) is 0 Å². The molecule has 0 radical (unpaired) electrons. The summed E-state index contributed by atoms with van der Waals surface area (Å²) in [5.41, 5.74) is 5.55. The van der Waals surface area contributed by atoms with E-state index in [4.69, 9.17) is 5.73 Å². The zero-order chi connectivity index (χ0) is 10.7. The summed E-state index contributed by atoms with van der Waals surface area (Å²) in [4.78, 5) is 10.5. The Morgan fingerprint density at radius 1 is 1.43 bits per heavy atom. The number of hydrogen-bond acceptors (Lipinski definition) is 2. The standard InChI is InChI=1S/C9H7I2NO2/c10-6-3-5(1-2-8(12)13)9(14)7(11)4-6/h1-4,14H,(H2,12,13)/b2-1+. The van der Waals surface area contributed by atoms with Gasteiger partial charge in [0.1, 0.15) is 5.75 Å². The highest BCUT2D eigenvalue weighted by atomic mass is 127. The number of primary amides is 1. The van der Waals surface area contributed by atoms with Gasteiger partial charge in [0.25, 0.3) is 0 Å². The molecule has 0 aromatic heterocycles. The fourth-order valence-electron chi connectivity index (χ4n) is 0.885. The second-order valence-electron chi connectivity index (χ2n) is 2.56. The first-order chi connectivity index (χ1) is 6.50. The van der Waals surface area contributed by atoms with Crippen LogP contribution in [0.2, 0.25) is 0 Å². The van der Waals surface area contributed by atoms with Crippen molar-refractivity contribution in [3.05, 3.63) is 30.9 Å².